The first kappa shape index (κ1) is 25.3. The molecule has 1 atom stereocenters. The molecule has 1 heterocycles. The SMILES string of the molecule is COCCN(C(=O)c1ccc([N+](=O)[O-])cc1Cl)C(C)c1nc2ccccc2c(=O)n1CCOC. The van der Waals surface area contributed by atoms with Crippen molar-refractivity contribution in [3.63, 3.8) is 0 Å². The van der Waals surface area contributed by atoms with E-state index in [1.807, 2.05) is 0 Å². The van der Waals surface area contributed by atoms with Crippen molar-refractivity contribution in [3.05, 3.63) is 79.3 Å². The van der Waals surface area contributed by atoms with Gasteiger partial charge < -0.3 is 14.4 Å². The number of nitro groups is 1. The molecule has 0 bridgehead atoms. The van der Waals surface area contributed by atoms with Crippen molar-refractivity contribution in [2.45, 2.75) is 19.5 Å². The monoisotopic (exact) mass is 488 g/mol. The third-order valence-corrected chi connectivity index (χ3v) is 5.76. The van der Waals surface area contributed by atoms with Crippen molar-refractivity contribution in [1.29, 1.82) is 0 Å². The number of halogens is 1. The lowest BCUT2D eigenvalue weighted by Gasteiger charge is -2.30. The Morgan fingerprint density at radius 3 is 2.56 bits per heavy atom. The Labute approximate surface area is 200 Å². The minimum Gasteiger partial charge on any atom is -0.383 e. The molecule has 0 aliphatic heterocycles. The molecular formula is C23H25ClN4O6. The second-order valence-electron chi connectivity index (χ2n) is 7.53. The van der Waals surface area contributed by atoms with Gasteiger partial charge in [-0.2, -0.15) is 0 Å². The average molecular weight is 489 g/mol. The van der Waals surface area contributed by atoms with E-state index in [0.29, 0.717) is 16.7 Å². The fourth-order valence-electron chi connectivity index (χ4n) is 3.65. The zero-order valence-corrected chi connectivity index (χ0v) is 19.8. The molecule has 0 aliphatic rings. The summed E-state index contributed by atoms with van der Waals surface area (Å²) in [5, 5.41) is 11.5. The molecule has 1 unspecified atom stereocenters. The number of carbonyl (C=O) groups is 1. The molecule has 1 aromatic heterocycles. The number of ether oxygens (including phenoxy) is 2. The van der Waals surface area contributed by atoms with E-state index in [0.717, 1.165) is 6.07 Å². The molecule has 34 heavy (non-hydrogen) atoms. The van der Waals surface area contributed by atoms with Gasteiger partial charge in [-0.15, -0.1) is 0 Å². The minimum absolute atomic E-state index is 0.0444. The summed E-state index contributed by atoms with van der Waals surface area (Å²) in [5.41, 5.74) is 0.150. The Kier molecular flexibility index (Phi) is 8.32. The van der Waals surface area contributed by atoms with Gasteiger partial charge in [0, 0.05) is 32.9 Å². The topological polar surface area (TPSA) is 117 Å². The molecule has 0 fully saturated rings. The maximum Gasteiger partial charge on any atom is 0.270 e. The normalized spacial score (nSPS) is 12.0. The summed E-state index contributed by atoms with van der Waals surface area (Å²) in [6.45, 7) is 2.68. The van der Waals surface area contributed by atoms with E-state index in [4.69, 9.17) is 26.1 Å². The summed E-state index contributed by atoms with van der Waals surface area (Å²) in [6, 6.07) is 10.0. The summed E-state index contributed by atoms with van der Waals surface area (Å²) in [6.07, 6.45) is 0. The number of nitrogens with zero attached hydrogens (tertiary/aromatic N) is 4. The number of nitro benzene ring substituents is 1. The molecule has 3 rings (SSSR count). The average Bonchev–Trinajstić information content (AvgIpc) is 2.83. The van der Waals surface area contributed by atoms with Gasteiger partial charge in [-0.1, -0.05) is 23.7 Å². The van der Waals surface area contributed by atoms with Gasteiger partial charge in [0.05, 0.1) is 52.2 Å². The number of benzene rings is 2. The van der Waals surface area contributed by atoms with E-state index < -0.39 is 16.9 Å². The third kappa shape index (κ3) is 5.24. The predicted octanol–water partition coefficient (Wildman–Crippen LogP) is 3.45. The number of para-hydroxylation sites is 1. The van der Waals surface area contributed by atoms with Gasteiger partial charge in [0.2, 0.25) is 0 Å². The summed E-state index contributed by atoms with van der Waals surface area (Å²) in [4.78, 5) is 43.4. The molecule has 2 aromatic carbocycles. The Hall–Kier alpha value is -3.34. The Morgan fingerprint density at radius 1 is 1.21 bits per heavy atom. The van der Waals surface area contributed by atoms with Crippen LogP contribution in [0, 0.1) is 10.1 Å². The van der Waals surface area contributed by atoms with Gasteiger partial charge in [-0.05, 0) is 25.1 Å². The van der Waals surface area contributed by atoms with Crippen LogP contribution in [0.1, 0.15) is 29.1 Å². The molecule has 0 saturated heterocycles. The lowest BCUT2D eigenvalue weighted by molar-refractivity contribution is -0.384. The van der Waals surface area contributed by atoms with Crippen LogP contribution >= 0.6 is 11.6 Å². The number of non-ortho nitro benzene ring substituents is 1. The Morgan fingerprint density at radius 2 is 1.91 bits per heavy atom. The minimum atomic E-state index is -0.650. The molecule has 11 heteroatoms. The van der Waals surface area contributed by atoms with Crippen LogP contribution in [0.5, 0.6) is 0 Å². The summed E-state index contributed by atoms with van der Waals surface area (Å²) >= 11 is 6.23. The second kappa shape index (κ2) is 11.2. The van der Waals surface area contributed by atoms with Crippen LogP contribution in [0.15, 0.2) is 47.3 Å². The number of rotatable bonds is 10. The van der Waals surface area contributed by atoms with E-state index in [-0.39, 0.29) is 48.1 Å². The van der Waals surface area contributed by atoms with Crippen LogP contribution in [-0.2, 0) is 16.0 Å². The summed E-state index contributed by atoms with van der Waals surface area (Å²) in [7, 11) is 3.04. The highest BCUT2D eigenvalue weighted by molar-refractivity contribution is 6.34. The number of carbonyl (C=O) groups excluding carboxylic acids is 1. The van der Waals surface area contributed by atoms with Crippen LogP contribution in [0.3, 0.4) is 0 Å². The van der Waals surface area contributed by atoms with Crippen LogP contribution in [-0.4, -0.2) is 59.3 Å². The van der Waals surface area contributed by atoms with E-state index in [2.05, 4.69) is 0 Å². The standard InChI is InChI=1S/C23H25ClN4O6/c1-15(21-25-20-7-5-4-6-18(20)23(30)27(21)11-13-34-3)26(10-12-33-2)22(29)17-9-8-16(28(31)32)14-19(17)24/h4-9,14-15H,10-13H2,1-3H3. The Balaban J connectivity index is 2.10. The van der Waals surface area contributed by atoms with E-state index >= 15 is 0 Å². The van der Waals surface area contributed by atoms with Gasteiger partial charge in [0.15, 0.2) is 0 Å². The summed E-state index contributed by atoms with van der Waals surface area (Å²) in [5.74, 6) is -0.0895. The van der Waals surface area contributed by atoms with E-state index in [1.54, 1.807) is 31.2 Å². The molecule has 0 aliphatic carbocycles. The van der Waals surface area contributed by atoms with Crippen molar-refractivity contribution in [1.82, 2.24) is 14.5 Å². The number of hydrogen-bond acceptors (Lipinski definition) is 7. The second-order valence-corrected chi connectivity index (χ2v) is 7.93. The molecule has 0 spiro atoms. The zero-order chi connectivity index (χ0) is 24.8. The van der Waals surface area contributed by atoms with Crippen molar-refractivity contribution >= 4 is 34.1 Å². The Bertz CT molecular complexity index is 1260. The van der Waals surface area contributed by atoms with Gasteiger partial charge in [0.25, 0.3) is 17.2 Å². The smallest absolute Gasteiger partial charge is 0.270 e. The molecule has 0 N–H and O–H groups in total. The maximum atomic E-state index is 13.5. The fourth-order valence-corrected chi connectivity index (χ4v) is 3.90. The van der Waals surface area contributed by atoms with Gasteiger partial charge >= 0.3 is 0 Å². The largest absolute Gasteiger partial charge is 0.383 e. The first-order chi connectivity index (χ1) is 16.3. The van der Waals surface area contributed by atoms with Crippen molar-refractivity contribution < 1.29 is 19.2 Å². The number of fused-ring (bicyclic) bond motifs is 1. The van der Waals surface area contributed by atoms with Crippen LogP contribution < -0.4 is 5.56 Å². The van der Waals surface area contributed by atoms with Crippen LogP contribution in [0.2, 0.25) is 5.02 Å². The lowest BCUT2D eigenvalue weighted by atomic mass is 10.1. The number of hydrogen-bond donors (Lipinski definition) is 0. The molecule has 0 radical (unpaired) electrons. The highest BCUT2D eigenvalue weighted by Crippen LogP contribution is 2.27. The van der Waals surface area contributed by atoms with E-state index in [1.165, 1.54) is 35.8 Å². The third-order valence-electron chi connectivity index (χ3n) is 5.44. The van der Waals surface area contributed by atoms with Gasteiger partial charge in [-0.3, -0.25) is 24.3 Å². The summed E-state index contributed by atoms with van der Waals surface area (Å²) < 4.78 is 11.9. The molecule has 10 nitrogen and oxygen atoms in total. The first-order valence-electron chi connectivity index (χ1n) is 10.5. The molecule has 0 saturated carbocycles. The number of methoxy groups -OCH3 is 2. The molecule has 180 valence electrons. The van der Waals surface area contributed by atoms with Crippen molar-refractivity contribution in [3.8, 4) is 0 Å². The van der Waals surface area contributed by atoms with Gasteiger partial charge in [-0.25, -0.2) is 4.98 Å². The number of aromatic nitrogens is 2. The van der Waals surface area contributed by atoms with Gasteiger partial charge in [0.1, 0.15) is 5.82 Å². The quantitative estimate of drug-likeness (QED) is 0.317. The maximum absolute atomic E-state index is 13.5. The van der Waals surface area contributed by atoms with Crippen LogP contribution in [0.25, 0.3) is 10.9 Å². The van der Waals surface area contributed by atoms with Crippen molar-refractivity contribution in [2.24, 2.45) is 0 Å². The van der Waals surface area contributed by atoms with Crippen LogP contribution in [0.4, 0.5) is 5.69 Å². The zero-order valence-electron chi connectivity index (χ0n) is 19.1. The van der Waals surface area contributed by atoms with Crippen molar-refractivity contribution in [2.75, 3.05) is 34.0 Å². The fraction of sp³-hybridized carbons (Fsp3) is 0.348. The number of amides is 1. The highest BCUT2D eigenvalue weighted by atomic mass is 35.5. The molecular weight excluding hydrogens is 464 g/mol. The highest BCUT2D eigenvalue weighted by Gasteiger charge is 2.28. The lowest BCUT2D eigenvalue weighted by Crippen LogP contribution is -2.40. The predicted molar refractivity (Wildman–Crippen MR) is 127 cm³/mol. The molecule has 1 amide bonds. The first-order valence-corrected chi connectivity index (χ1v) is 10.9. The molecule has 3 aromatic rings. The van der Waals surface area contributed by atoms with E-state index in [9.17, 15) is 19.7 Å².